The van der Waals surface area contributed by atoms with Crippen molar-refractivity contribution in [3.63, 3.8) is 0 Å². The van der Waals surface area contributed by atoms with E-state index >= 15 is 0 Å². The van der Waals surface area contributed by atoms with E-state index in [4.69, 9.17) is 26.2 Å². The highest BCUT2D eigenvalue weighted by atomic mass is 35.5. The minimum absolute atomic E-state index is 0.139. The standard InChI is InChI=1S/C27H27ClN2O2/c1-2-3-6-17-31-22-15-11-20(12-16-22)27-30-25(23-7-4-5-8-26(23)32-27)18-24(29-30)19-9-13-21(28)14-10-19/h4-5,7-16,25,27H,2-3,6,17-18H2,1H3. The molecule has 0 saturated heterocycles. The molecule has 0 N–H and O–H groups in total. The third kappa shape index (κ3) is 4.20. The van der Waals surface area contributed by atoms with E-state index < -0.39 is 0 Å². The van der Waals surface area contributed by atoms with Crippen molar-refractivity contribution in [2.24, 2.45) is 5.10 Å². The molecule has 0 saturated carbocycles. The van der Waals surface area contributed by atoms with Gasteiger partial charge in [-0.1, -0.05) is 61.7 Å². The summed E-state index contributed by atoms with van der Waals surface area (Å²) >= 11 is 6.09. The summed E-state index contributed by atoms with van der Waals surface area (Å²) in [6, 6.07) is 24.5. The maximum absolute atomic E-state index is 6.45. The number of halogens is 1. The first-order chi connectivity index (χ1) is 15.7. The average Bonchev–Trinajstić information content (AvgIpc) is 3.28. The molecule has 0 amide bonds. The van der Waals surface area contributed by atoms with Gasteiger partial charge in [0.15, 0.2) is 0 Å². The first-order valence-electron chi connectivity index (χ1n) is 11.3. The molecule has 2 unspecified atom stereocenters. The second-order valence-corrected chi connectivity index (χ2v) is 8.72. The Bertz CT molecular complexity index is 1100. The average molecular weight is 447 g/mol. The number of rotatable bonds is 7. The van der Waals surface area contributed by atoms with Crippen molar-refractivity contribution in [3.8, 4) is 11.5 Å². The van der Waals surface area contributed by atoms with E-state index in [1.807, 2.05) is 48.5 Å². The molecule has 3 aromatic carbocycles. The van der Waals surface area contributed by atoms with Gasteiger partial charge in [0.25, 0.3) is 0 Å². The highest BCUT2D eigenvalue weighted by Crippen LogP contribution is 2.47. The van der Waals surface area contributed by atoms with Crippen LogP contribution < -0.4 is 9.47 Å². The Morgan fingerprint density at radius 2 is 1.78 bits per heavy atom. The Hall–Kier alpha value is -2.98. The lowest BCUT2D eigenvalue weighted by molar-refractivity contribution is -0.0190. The van der Waals surface area contributed by atoms with Crippen LogP contribution in [0.25, 0.3) is 0 Å². The molecule has 3 aromatic rings. The molecule has 2 atom stereocenters. The summed E-state index contributed by atoms with van der Waals surface area (Å²) < 4.78 is 12.3. The first kappa shape index (κ1) is 20.9. The maximum Gasteiger partial charge on any atom is 0.213 e. The summed E-state index contributed by atoms with van der Waals surface area (Å²) in [5, 5.41) is 7.84. The molecule has 0 fully saturated rings. The van der Waals surface area contributed by atoms with Gasteiger partial charge >= 0.3 is 0 Å². The third-order valence-corrected chi connectivity index (χ3v) is 6.31. The Morgan fingerprint density at radius 1 is 1.00 bits per heavy atom. The van der Waals surface area contributed by atoms with Gasteiger partial charge in [0.1, 0.15) is 11.5 Å². The van der Waals surface area contributed by atoms with Gasteiger partial charge in [-0.15, -0.1) is 0 Å². The molecule has 0 bridgehead atoms. The molecule has 2 heterocycles. The number of nitrogens with zero attached hydrogens (tertiary/aromatic N) is 2. The zero-order chi connectivity index (χ0) is 21.9. The van der Waals surface area contributed by atoms with E-state index in [9.17, 15) is 0 Å². The molecule has 164 valence electrons. The fourth-order valence-electron chi connectivity index (χ4n) is 4.34. The van der Waals surface area contributed by atoms with Crippen molar-refractivity contribution in [2.45, 2.75) is 44.9 Å². The van der Waals surface area contributed by atoms with Crippen molar-refractivity contribution < 1.29 is 9.47 Å². The van der Waals surface area contributed by atoms with Crippen molar-refractivity contribution >= 4 is 17.3 Å². The maximum atomic E-state index is 6.45. The molecule has 32 heavy (non-hydrogen) atoms. The number of hydrazone groups is 1. The Balaban J connectivity index is 1.42. The molecule has 0 aromatic heterocycles. The Kier molecular flexibility index (Phi) is 6.04. The zero-order valence-corrected chi connectivity index (χ0v) is 19.0. The van der Waals surface area contributed by atoms with E-state index in [1.54, 1.807) is 0 Å². The van der Waals surface area contributed by atoms with Crippen LogP contribution in [0.4, 0.5) is 0 Å². The second kappa shape index (κ2) is 9.25. The van der Waals surface area contributed by atoms with Crippen LogP contribution in [-0.4, -0.2) is 17.3 Å². The van der Waals surface area contributed by atoms with Crippen molar-refractivity contribution in [1.82, 2.24) is 5.01 Å². The van der Waals surface area contributed by atoms with Crippen molar-refractivity contribution in [1.29, 1.82) is 0 Å². The first-order valence-corrected chi connectivity index (χ1v) is 11.7. The molecule has 2 aliphatic rings. The summed E-state index contributed by atoms with van der Waals surface area (Å²) in [6.45, 7) is 2.95. The van der Waals surface area contributed by atoms with Gasteiger partial charge in [-0.05, 0) is 54.4 Å². The summed E-state index contributed by atoms with van der Waals surface area (Å²) in [5.41, 5.74) is 4.38. The molecule has 5 heteroatoms. The number of ether oxygens (including phenoxy) is 2. The van der Waals surface area contributed by atoms with Crippen LogP contribution in [0.2, 0.25) is 5.02 Å². The van der Waals surface area contributed by atoms with Crippen LogP contribution in [-0.2, 0) is 0 Å². The zero-order valence-electron chi connectivity index (χ0n) is 18.2. The van der Waals surface area contributed by atoms with E-state index in [0.717, 1.165) is 52.8 Å². The normalized spacial score (nSPS) is 19.1. The van der Waals surface area contributed by atoms with Crippen molar-refractivity contribution in [3.05, 3.63) is 94.5 Å². The van der Waals surface area contributed by atoms with E-state index in [0.29, 0.717) is 0 Å². The minimum atomic E-state index is -0.283. The highest BCUT2D eigenvalue weighted by Gasteiger charge is 2.40. The summed E-state index contributed by atoms with van der Waals surface area (Å²) in [6.07, 6.45) is 4.01. The molecule has 5 rings (SSSR count). The van der Waals surface area contributed by atoms with Gasteiger partial charge in [-0.2, -0.15) is 5.10 Å². The van der Waals surface area contributed by atoms with Gasteiger partial charge in [0.05, 0.1) is 18.4 Å². The van der Waals surface area contributed by atoms with Gasteiger partial charge in [0, 0.05) is 22.6 Å². The third-order valence-electron chi connectivity index (χ3n) is 6.06. The number of benzene rings is 3. The van der Waals surface area contributed by atoms with Crippen molar-refractivity contribution in [2.75, 3.05) is 6.61 Å². The molecule has 4 nitrogen and oxygen atoms in total. The smallest absolute Gasteiger partial charge is 0.213 e. The Labute approximate surface area is 194 Å². The second-order valence-electron chi connectivity index (χ2n) is 8.29. The topological polar surface area (TPSA) is 34.1 Å². The predicted molar refractivity (Wildman–Crippen MR) is 128 cm³/mol. The number of fused-ring (bicyclic) bond motifs is 3. The Morgan fingerprint density at radius 3 is 2.56 bits per heavy atom. The van der Waals surface area contributed by atoms with Crippen LogP contribution in [0.15, 0.2) is 77.9 Å². The lowest BCUT2D eigenvalue weighted by Crippen LogP contribution is -2.33. The predicted octanol–water partition coefficient (Wildman–Crippen LogP) is 7.15. The number of para-hydroxylation sites is 1. The number of hydrogen-bond donors (Lipinski definition) is 0. The van der Waals surface area contributed by atoms with E-state index in [2.05, 4.69) is 36.2 Å². The quantitative estimate of drug-likeness (QED) is 0.361. The van der Waals surface area contributed by atoms with Crippen LogP contribution in [0, 0.1) is 0 Å². The minimum Gasteiger partial charge on any atom is -0.494 e. The van der Waals surface area contributed by atoms with E-state index in [-0.39, 0.29) is 12.3 Å². The highest BCUT2D eigenvalue weighted by molar-refractivity contribution is 6.30. The SMILES string of the molecule is CCCCCOc1ccc(C2Oc3ccccc3C3CC(c4ccc(Cl)cc4)=NN32)cc1. The summed E-state index contributed by atoms with van der Waals surface area (Å²) in [5.74, 6) is 1.82. The lowest BCUT2D eigenvalue weighted by atomic mass is 9.96. The summed E-state index contributed by atoms with van der Waals surface area (Å²) in [7, 11) is 0. The fourth-order valence-corrected chi connectivity index (χ4v) is 4.47. The molecular formula is C27H27ClN2O2. The van der Waals surface area contributed by atoms with Gasteiger partial charge in [0.2, 0.25) is 6.23 Å². The largest absolute Gasteiger partial charge is 0.494 e. The monoisotopic (exact) mass is 446 g/mol. The summed E-state index contributed by atoms with van der Waals surface area (Å²) in [4.78, 5) is 0. The van der Waals surface area contributed by atoms with Gasteiger partial charge < -0.3 is 9.47 Å². The van der Waals surface area contributed by atoms with Crippen LogP contribution >= 0.6 is 11.6 Å². The fraction of sp³-hybridized carbons (Fsp3) is 0.296. The molecule has 0 radical (unpaired) electrons. The molecular weight excluding hydrogens is 420 g/mol. The molecule has 0 aliphatic carbocycles. The van der Waals surface area contributed by atoms with E-state index in [1.165, 1.54) is 18.4 Å². The molecule has 2 aliphatic heterocycles. The molecule has 0 spiro atoms. The number of unbranched alkanes of at least 4 members (excludes halogenated alkanes) is 2. The van der Waals surface area contributed by atoms with Crippen LogP contribution in [0.5, 0.6) is 11.5 Å². The number of hydrogen-bond acceptors (Lipinski definition) is 4. The van der Waals surface area contributed by atoms with Crippen LogP contribution in [0.1, 0.15) is 61.6 Å². The van der Waals surface area contributed by atoms with Gasteiger partial charge in [-0.3, -0.25) is 0 Å². The van der Waals surface area contributed by atoms with Crippen LogP contribution in [0.3, 0.4) is 0 Å². The van der Waals surface area contributed by atoms with Gasteiger partial charge in [-0.25, -0.2) is 5.01 Å². The lowest BCUT2D eigenvalue weighted by Gasteiger charge is -2.38.